The van der Waals surface area contributed by atoms with Gasteiger partial charge in [-0.1, -0.05) is 19.9 Å². The number of nitrogens with zero attached hydrogens (tertiary/aromatic N) is 2. The summed E-state index contributed by atoms with van der Waals surface area (Å²) in [6, 6.07) is 2.48. The van der Waals surface area contributed by atoms with Gasteiger partial charge in [0.05, 0.1) is 6.54 Å². The van der Waals surface area contributed by atoms with Gasteiger partial charge in [-0.2, -0.15) is 0 Å². The van der Waals surface area contributed by atoms with Crippen molar-refractivity contribution in [3.8, 4) is 0 Å². The minimum absolute atomic E-state index is 0.0996. The van der Waals surface area contributed by atoms with E-state index in [2.05, 4.69) is 10.6 Å². The number of nitrogens with one attached hydrogen (secondary N) is 2. The molecule has 5 amide bonds. The van der Waals surface area contributed by atoms with E-state index in [-0.39, 0.29) is 6.54 Å². The lowest BCUT2D eigenvalue weighted by Gasteiger charge is -2.25. The molecule has 1 heterocycles. The van der Waals surface area contributed by atoms with Crippen LogP contribution in [0.2, 0.25) is 0 Å². The Morgan fingerprint density at radius 3 is 2.21 bits per heavy atom. The van der Waals surface area contributed by atoms with Gasteiger partial charge < -0.3 is 15.5 Å². The smallest absolute Gasteiger partial charge is 0.325 e. The molecule has 8 nitrogen and oxygen atoms in total. The van der Waals surface area contributed by atoms with Gasteiger partial charge in [-0.3, -0.25) is 19.3 Å². The van der Waals surface area contributed by atoms with Crippen molar-refractivity contribution in [2.24, 2.45) is 0 Å². The minimum atomic E-state index is -1.03. The normalized spacial score (nSPS) is 15.3. The second-order valence-electron chi connectivity index (χ2n) is 6.66. The van der Waals surface area contributed by atoms with E-state index in [1.165, 1.54) is 0 Å². The molecule has 1 aromatic carbocycles. The van der Waals surface area contributed by atoms with Gasteiger partial charge in [0.2, 0.25) is 11.8 Å². The third kappa shape index (κ3) is 4.52. The van der Waals surface area contributed by atoms with Crippen LogP contribution in [0, 0.1) is 11.6 Å². The number of para-hydroxylation sites is 1. The molecular weight excluding hydrogens is 386 g/mol. The zero-order valence-electron chi connectivity index (χ0n) is 16.6. The number of likely N-dealkylation sites (N-methyl/N-ethyl adjacent to an activating group) is 1. The van der Waals surface area contributed by atoms with E-state index in [9.17, 15) is 28.0 Å². The Kier molecular flexibility index (Phi) is 6.89. The van der Waals surface area contributed by atoms with Gasteiger partial charge in [0.1, 0.15) is 29.4 Å². The lowest BCUT2D eigenvalue weighted by atomic mass is 9.93. The second-order valence-corrected chi connectivity index (χ2v) is 6.66. The molecule has 29 heavy (non-hydrogen) atoms. The first-order chi connectivity index (χ1) is 13.7. The molecule has 0 aromatic heterocycles. The highest BCUT2D eigenvalue weighted by Gasteiger charge is 2.49. The number of anilines is 1. The maximum absolute atomic E-state index is 13.7. The van der Waals surface area contributed by atoms with Gasteiger partial charge in [0.25, 0.3) is 5.91 Å². The number of benzene rings is 1. The van der Waals surface area contributed by atoms with E-state index >= 15 is 0 Å². The average molecular weight is 410 g/mol. The standard InChI is InChI=1S/C19H24F2N4O4/c1-4-19(5-2)17(28)25(18(29)23-19)11-15(27)24(6-3)10-14(26)22-16-12(20)8-7-9-13(16)21/h7-9H,4-6,10-11H2,1-3H3,(H,22,26)(H,23,29). The zero-order chi connectivity index (χ0) is 21.8. The number of halogens is 2. The highest BCUT2D eigenvalue weighted by atomic mass is 19.1. The number of urea groups is 1. The SMILES string of the molecule is CCN(CC(=O)Nc1c(F)cccc1F)C(=O)CN1C(=O)NC(CC)(CC)C1=O. The first-order valence-electron chi connectivity index (χ1n) is 9.34. The summed E-state index contributed by atoms with van der Waals surface area (Å²) in [5.41, 5.74) is -1.64. The molecule has 0 aliphatic carbocycles. The van der Waals surface area contributed by atoms with Crippen LogP contribution in [0.5, 0.6) is 0 Å². The monoisotopic (exact) mass is 410 g/mol. The van der Waals surface area contributed by atoms with Gasteiger partial charge in [-0.05, 0) is 31.9 Å². The quantitative estimate of drug-likeness (QED) is 0.639. The second kappa shape index (κ2) is 8.97. The maximum Gasteiger partial charge on any atom is 0.325 e. The van der Waals surface area contributed by atoms with Crippen molar-refractivity contribution in [3.05, 3.63) is 29.8 Å². The van der Waals surface area contributed by atoms with Gasteiger partial charge in [0, 0.05) is 6.54 Å². The molecule has 0 unspecified atom stereocenters. The summed E-state index contributed by atoms with van der Waals surface area (Å²) in [6.07, 6.45) is 0.764. The van der Waals surface area contributed by atoms with Crippen LogP contribution in [0.15, 0.2) is 18.2 Å². The van der Waals surface area contributed by atoms with Crippen molar-refractivity contribution in [2.75, 3.05) is 25.0 Å². The maximum atomic E-state index is 13.7. The summed E-state index contributed by atoms with van der Waals surface area (Å²) in [4.78, 5) is 51.4. The van der Waals surface area contributed by atoms with Crippen molar-refractivity contribution < 1.29 is 28.0 Å². The summed E-state index contributed by atoms with van der Waals surface area (Å²) in [6.45, 7) is 4.21. The van der Waals surface area contributed by atoms with E-state index < -0.39 is 59.7 Å². The number of hydrogen-bond donors (Lipinski definition) is 2. The fourth-order valence-corrected chi connectivity index (χ4v) is 3.13. The molecule has 2 rings (SSSR count). The number of amides is 5. The molecule has 1 fully saturated rings. The highest BCUT2D eigenvalue weighted by molar-refractivity contribution is 6.09. The molecule has 1 aliphatic rings. The van der Waals surface area contributed by atoms with E-state index in [1.54, 1.807) is 20.8 Å². The Balaban J connectivity index is 2.04. The first-order valence-corrected chi connectivity index (χ1v) is 9.34. The molecule has 0 atom stereocenters. The molecule has 1 aliphatic heterocycles. The molecule has 2 N–H and O–H groups in total. The summed E-state index contributed by atoms with van der Waals surface area (Å²) in [5, 5.41) is 4.72. The average Bonchev–Trinajstić information content (AvgIpc) is 2.93. The molecule has 0 spiro atoms. The minimum Gasteiger partial charge on any atom is -0.332 e. The Hall–Kier alpha value is -3.04. The number of rotatable bonds is 8. The van der Waals surface area contributed by atoms with Crippen LogP contribution in [0.25, 0.3) is 0 Å². The van der Waals surface area contributed by atoms with E-state index in [1.807, 2.05) is 0 Å². The fourth-order valence-electron chi connectivity index (χ4n) is 3.13. The number of imide groups is 1. The van der Waals surface area contributed by atoms with Crippen molar-refractivity contribution in [1.82, 2.24) is 15.1 Å². The van der Waals surface area contributed by atoms with Crippen LogP contribution in [-0.4, -0.2) is 58.7 Å². The molecule has 1 saturated heterocycles. The van der Waals surface area contributed by atoms with Gasteiger partial charge in [0.15, 0.2) is 0 Å². The summed E-state index contributed by atoms with van der Waals surface area (Å²) in [7, 11) is 0. The highest BCUT2D eigenvalue weighted by Crippen LogP contribution is 2.25. The Labute approximate surface area is 167 Å². The molecule has 158 valence electrons. The summed E-state index contributed by atoms with van der Waals surface area (Å²) in [5.74, 6) is -3.82. The van der Waals surface area contributed by atoms with Crippen LogP contribution in [0.1, 0.15) is 33.6 Å². The van der Waals surface area contributed by atoms with Gasteiger partial charge in [-0.15, -0.1) is 0 Å². The van der Waals surface area contributed by atoms with Crippen molar-refractivity contribution in [3.63, 3.8) is 0 Å². The van der Waals surface area contributed by atoms with Crippen LogP contribution >= 0.6 is 0 Å². The molecule has 1 aromatic rings. The first kappa shape index (κ1) is 22.3. The molecule has 0 saturated carbocycles. The summed E-state index contributed by atoms with van der Waals surface area (Å²) >= 11 is 0. The van der Waals surface area contributed by atoms with Crippen molar-refractivity contribution in [2.45, 2.75) is 39.2 Å². The third-order valence-corrected chi connectivity index (χ3v) is 5.04. The number of carbonyl (C=O) groups excluding carboxylic acids is 4. The summed E-state index contributed by atoms with van der Waals surface area (Å²) < 4.78 is 27.3. The van der Waals surface area contributed by atoms with E-state index in [0.717, 1.165) is 28.0 Å². The van der Waals surface area contributed by atoms with Crippen molar-refractivity contribution in [1.29, 1.82) is 0 Å². The van der Waals surface area contributed by atoms with E-state index in [0.29, 0.717) is 12.8 Å². The topological polar surface area (TPSA) is 98.8 Å². The predicted octanol–water partition coefficient (Wildman–Crippen LogP) is 1.86. The fraction of sp³-hybridized carbons (Fsp3) is 0.474. The lowest BCUT2D eigenvalue weighted by Crippen LogP contribution is -2.48. The number of hydrogen-bond acceptors (Lipinski definition) is 4. The third-order valence-electron chi connectivity index (χ3n) is 5.04. The van der Waals surface area contributed by atoms with Crippen LogP contribution in [0.3, 0.4) is 0 Å². The van der Waals surface area contributed by atoms with Crippen LogP contribution in [-0.2, 0) is 14.4 Å². The Morgan fingerprint density at radius 1 is 1.14 bits per heavy atom. The Bertz CT molecular complexity index is 806. The lowest BCUT2D eigenvalue weighted by molar-refractivity contribution is -0.140. The molecular formula is C19H24F2N4O4. The molecule has 0 radical (unpaired) electrons. The van der Waals surface area contributed by atoms with Crippen LogP contribution in [0.4, 0.5) is 19.3 Å². The van der Waals surface area contributed by atoms with Gasteiger partial charge >= 0.3 is 6.03 Å². The van der Waals surface area contributed by atoms with Crippen molar-refractivity contribution >= 4 is 29.4 Å². The van der Waals surface area contributed by atoms with Gasteiger partial charge in [-0.25, -0.2) is 13.6 Å². The van der Waals surface area contributed by atoms with E-state index in [4.69, 9.17) is 0 Å². The zero-order valence-corrected chi connectivity index (χ0v) is 16.6. The largest absolute Gasteiger partial charge is 0.332 e. The Morgan fingerprint density at radius 2 is 1.72 bits per heavy atom. The predicted molar refractivity (Wildman–Crippen MR) is 101 cm³/mol. The van der Waals surface area contributed by atoms with Crippen LogP contribution < -0.4 is 10.6 Å². The number of carbonyl (C=O) groups is 4. The molecule has 10 heteroatoms. The molecule has 0 bridgehead atoms.